The number of terminal acetylenes is 1. The molecule has 1 heteroatoms. The summed E-state index contributed by atoms with van der Waals surface area (Å²) in [6.07, 6.45) is 6.49. The van der Waals surface area contributed by atoms with E-state index in [1.807, 2.05) is 12.1 Å². The Morgan fingerprint density at radius 1 is 1.50 bits per heavy atom. The molecule has 1 aromatic rings. The molecule has 0 spiro atoms. The van der Waals surface area contributed by atoms with Gasteiger partial charge in [0.1, 0.15) is 0 Å². The van der Waals surface area contributed by atoms with Crippen LogP contribution in [0.5, 0.6) is 0 Å². The molecular formula is C11H11N. The number of benzene rings is 1. The molecule has 0 N–H and O–H groups in total. The number of fused-ring (bicyclic) bond motifs is 1. The fourth-order valence-electron chi connectivity index (χ4n) is 1.73. The number of hydrogen-bond donors (Lipinski definition) is 0. The molecule has 1 nitrogen and oxygen atoms in total. The van der Waals surface area contributed by atoms with Crippen LogP contribution in [0, 0.1) is 12.3 Å². The summed E-state index contributed by atoms with van der Waals surface area (Å²) in [5, 5.41) is 0. The van der Waals surface area contributed by atoms with Gasteiger partial charge in [-0.15, -0.1) is 6.42 Å². The van der Waals surface area contributed by atoms with Crippen molar-refractivity contribution in [3.05, 3.63) is 29.3 Å². The molecule has 0 aliphatic carbocycles. The third kappa shape index (κ3) is 0.887. The Morgan fingerprint density at radius 2 is 2.33 bits per heavy atom. The largest absolute Gasteiger partial charge is 0.374 e. The second kappa shape index (κ2) is 2.57. The van der Waals surface area contributed by atoms with Crippen molar-refractivity contribution >= 4 is 5.69 Å². The highest BCUT2D eigenvalue weighted by Crippen LogP contribution is 2.28. The van der Waals surface area contributed by atoms with Crippen LogP contribution in [0.15, 0.2) is 18.2 Å². The molecule has 0 unspecified atom stereocenters. The lowest BCUT2D eigenvalue weighted by Crippen LogP contribution is -2.12. The first kappa shape index (κ1) is 7.24. The van der Waals surface area contributed by atoms with Gasteiger partial charge in [0.05, 0.1) is 0 Å². The molecule has 0 aromatic heterocycles. The molecule has 12 heavy (non-hydrogen) atoms. The van der Waals surface area contributed by atoms with Gasteiger partial charge in [-0.2, -0.15) is 0 Å². The standard InChI is InChI=1S/C11H11N/c1-3-9-5-4-6-11-10(9)7-8-12(11)2/h1,4-6H,7-8H2,2H3. The number of hydrogen-bond acceptors (Lipinski definition) is 1. The summed E-state index contributed by atoms with van der Waals surface area (Å²) >= 11 is 0. The van der Waals surface area contributed by atoms with Crippen LogP contribution >= 0.6 is 0 Å². The lowest BCUT2D eigenvalue weighted by Gasteiger charge is -2.11. The van der Waals surface area contributed by atoms with Crippen LogP contribution in [0.4, 0.5) is 5.69 Å². The van der Waals surface area contributed by atoms with Crippen molar-refractivity contribution in [3.63, 3.8) is 0 Å². The second-order valence-electron chi connectivity index (χ2n) is 3.12. The summed E-state index contributed by atoms with van der Waals surface area (Å²) in [6, 6.07) is 6.16. The van der Waals surface area contributed by atoms with Crippen molar-refractivity contribution in [2.75, 3.05) is 18.5 Å². The molecule has 0 saturated carbocycles. The monoisotopic (exact) mass is 157 g/mol. The van der Waals surface area contributed by atoms with E-state index in [1.165, 1.54) is 11.3 Å². The molecule has 60 valence electrons. The van der Waals surface area contributed by atoms with Crippen LogP contribution in [0.25, 0.3) is 0 Å². The highest BCUT2D eigenvalue weighted by Gasteiger charge is 2.16. The summed E-state index contributed by atoms with van der Waals surface area (Å²) in [5.74, 6) is 2.72. The van der Waals surface area contributed by atoms with Crippen molar-refractivity contribution < 1.29 is 0 Å². The molecule has 1 aromatic carbocycles. The zero-order valence-electron chi connectivity index (χ0n) is 7.17. The molecule has 2 rings (SSSR count). The van der Waals surface area contributed by atoms with E-state index >= 15 is 0 Å². The predicted octanol–water partition coefficient (Wildman–Crippen LogP) is 1.66. The summed E-state index contributed by atoms with van der Waals surface area (Å²) in [7, 11) is 2.10. The van der Waals surface area contributed by atoms with Crippen molar-refractivity contribution in [1.82, 2.24) is 0 Å². The van der Waals surface area contributed by atoms with Gasteiger partial charge in [0.2, 0.25) is 0 Å². The van der Waals surface area contributed by atoms with Gasteiger partial charge < -0.3 is 4.90 Å². The highest BCUT2D eigenvalue weighted by atomic mass is 15.1. The highest BCUT2D eigenvalue weighted by molar-refractivity contribution is 5.63. The van der Waals surface area contributed by atoms with E-state index in [4.69, 9.17) is 6.42 Å². The fraction of sp³-hybridized carbons (Fsp3) is 0.273. The lowest BCUT2D eigenvalue weighted by molar-refractivity contribution is 0.955. The van der Waals surface area contributed by atoms with Crippen molar-refractivity contribution in [2.24, 2.45) is 0 Å². The van der Waals surface area contributed by atoms with Gasteiger partial charge in [0, 0.05) is 24.8 Å². The minimum absolute atomic E-state index is 1.05. The van der Waals surface area contributed by atoms with Crippen LogP contribution in [0.1, 0.15) is 11.1 Å². The van der Waals surface area contributed by atoms with Crippen molar-refractivity contribution in [2.45, 2.75) is 6.42 Å². The Balaban J connectivity index is 2.60. The predicted molar refractivity (Wildman–Crippen MR) is 51.4 cm³/mol. The topological polar surface area (TPSA) is 3.24 Å². The molecular weight excluding hydrogens is 146 g/mol. The average molecular weight is 157 g/mol. The van der Waals surface area contributed by atoms with Gasteiger partial charge in [0.25, 0.3) is 0 Å². The Morgan fingerprint density at radius 3 is 3.08 bits per heavy atom. The van der Waals surface area contributed by atoms with Gasteiger partial charge in [-0.05, 0) is 24.1 Å². The van der Waals surface area contributed by atoms with E-state index in [-0.39, 0.29) is 0 Å². The molecule has 0 atom stereocenters. The van der Waals surface area contributed by atoms with Crippen LogP contribution in [-0.4, -0.2) is 13.6 Å². The molecule has 1 heterocycles. The smallest absolute Gasteiger partial charge is 0.0409 e. The van der Waals surface area contributed by atoms with Crippen LogP contribution in [0.3, 0.4) is 0 Å². The van der Waals surface area contributed by atoms with E-state index in [1.54, 1.807) is 0 Å². The maximum Gasteiger partial charge on any atom is 0.0409 e. The first-order chi connectivity index (χ1) is 5.83. The molecule has 1 aliphatic heterocycles. The molecule has 0 saturated heterocycles. The van der Waals surface area contributed by atoms with E-state index in [9.17, 15) is 0 Å². The Bertz CT molecular complexity index is 347. The first-order valence-electron chi connectivity index (χ1n) is 4.12. The van der Waals surface area contributed by atoms with E-state index in [2.05, 4.69) is 23.9 Å². The van der Waals surface area contributed by atoms with Gasteiger partial charge in [-0.3, -0.25) is 0 Å². The maximum atomic E-state index is 5.40. The van der Waals surface area contributed by atoms with E-state index in [0.29, 0.717) is 0 Å². The summed E-state index contributed by atoms with van der Waals surface area (Å²) in [5.41, 5.74) is 3.69. The summed E-state index contributed by atoms with van der Waals surface area (Å²) in [4.78, 5) is 2.25. The van der Waals surface area contributed by atoms with Gasteiger partial charge in [0.15, 0.2) is 0 Å². The minimum atomic E-state index is 1.05. The molecule has 0 bridgehead atoms. The van der Waals surface area contributed by atoms with E-state index in [0.717, 1.165) is 18.5 Å². The van der Waals surface area contributed by atoms with Crippen LogP contribution in [0.2, 0.25) is 0 Å². The number of rotatable bonds is 0. The Hall–Kier alpha value is -1.42. The number of anilines is 1. The SMILES string of the molecule is C#Cc1cccc2c1CCN2C. The normalized spacial score (nSPS) is 14.2. The van der Waals surface area contributed by atoms with Crippen LogP contribution < -0.4 is 4.90 Å². The molecule has 0 radical (unpaired) electrons. The quantitative estimate of drug-likeness (QED) is 0.518. The van der Waals surface area contributed by atoms with E-state index < -0.39 is 0 Å². The second-order valence-corrected chi connectivity index (χ2v) is 3.12. The van der Waals surface area contributed by atoms with Gasteiger partial charge in [-0.1, -0.05) is 12.0 Å². The van der Waals surface area contributed by atoms with Crippen molar-refractivity contribution in [3.8, 4) is 12.3 Å². The minimum Gasteiger partial charge on any atom is -0.374 e. The molecule has 0 fully saturated rings. The Kier molecular flexibility index (Phi) is 1.55. The van der Waals surface area contributed by atoms with Gasteiger partial charge in [-0.25, -0.2) is 0 Å². The third-order valence-corrected chi connectivity index (χ3v) is 2.42. The fourth-order valence-corrected chi connectivity index (χ4v) is 1.73. The molecule has 1 aliphatic rings. The lowest BCUT2D eigenvalue weighted by atomic mass is 10.1. The zero-order chi connectivity index (χ0) is 8.55. The number of nitrogens with zero attached hydrogens (tertiary/aromatic N) is 1. The van der Waals surface area contributed by atoms with Crippen molar-refractivity contribution in [1.29, 1.82) is 0 Å². The third-order valence-electron chi connectivity index (χ3n) is 2.42. The average Bonchev–Trinajstić information content (AvgIpc) is 2.48. The maximum absolute atomic E-state index is 5.40. The van der Waals surface area contributed by atoms with Crippen LogP contribution in [-0.2, 0) is 6.42 Å². The summed E-state index contributed by atoms with van der Waals surface area (Å²) in [6.45, 7) is 1.09. The number of likely N-dealkylation sites (N-methyl/N-ethyl adjacent to an activating group) is 1. The van der Waals surface area contributed by atoms with Gasteiger partial charge >= 0.3 is 0 Å². The first-order valence-corrected chi connectivity index (χ1v) is 4.12. The summed E-state index contributed by atoms with van der Waals surface area (Å²) < 4.78 is 0. The Labute approximate surface area is 73.0 Å². The molecule has 0 amide bonds. The zero-order valence-corrected chi connectivity index (χ0v) is 7.17.